The molecule has 56 heavy (non-hydrogen) atoms. The third-order valence-electron chi connectivity index (χ3n) is 10.9. The number of carbonyl (C=O) groups excluding carboxylic acids is 6. The van der Waals surface area contributed by atoms with E-state index in [0.717, 1.165) is 34.8 Å². The van der Waals surface area contributed by atoms with Crippen molar-refractivity contribution in [2.75, 3.05) is 50.2 Å². The number of aromatic amines is 1. The van der Waals surface area contributed by atoms with Crippen LogP contribution in [0.5, 0.6) is 0 Å². The van der Waals surface area contributed by atoms with Crippen LogP contribution in [0.25, 0.3) is 11.0 Å². The standard InChI is InChI=1S/C40H46N8O8/c1-24-4-3-15-47(24)23-33-44-30-9-7-27(21-31(30)45-33)43-35(50)25-5-2-12-40(22-25,39(41)54)13-16-55-18-19-56-17-14-42-26-6-8-28-29(20-26)38(53)48(37(28)52)32-10-11-34(49)46-36(32)51/h2,5-9,12,20-21,24,32,42H,3-4,10-11,13-19,22-23H2,1H3,(H2,41,54)(H,43,50)(H,44,45)(H,46,49,51)/t24-,32?,40?/m0/s1. The summed E-state index contributed by atoms with van der Waals surface area (Å²) in [6.07, 6.45) is 8.05. The number of nitrogens with two attached hydrogens (primary N) is 1. The summed E-state index contributed by atoms with van der Waals surface area (Å²) in [6, 6.07) is 9.84. The number of amides is 6. The smallest absolute Gasteiger partial charge is 0.262 e. The van der Waals surface area contributed by atoms with E-state index in [0.29, 0.717) is 36.1 Å². The van der Waals surface area contributed by atoms with Crippen LogP contribution in [0.4, 0.5) is 11.4 Å². The van der Waals surface area contributed by atoms with Crippen LogP contribution in [0.3, 0.4) is 0 Å². The number of primary amides is 1. The van der Waals surface area contributed by atoms with Crippen LogP contribution in [-0.4, -0.2) is 107 Å². The van der Waals surface area contributed by atoms with Crippen LogP contribution in [-0.2, 0) is 35.2 Å². The number of carbonyl (C=O) groups is 6. The average molecular weight is 767 g/mol. The topological polar surface area (TPSA) is 218 Å². The Balaban J connectivity index is 0.820. The third kappa shape index (κ3) is 8.27. The molecule has 6 amide bonds. The highest BCUT2D eigenvalue weighted by Gasteiger charge is 2.44. The van der Waals surface area contributed by atoms with Gasteiger partial charge in [-0.2, -0.15) is 0 Å². The molecule has 2 aromatic carbocycles. The predicted octanol–water partition coefficient (Wildman–Crippen LogP) is 2.78. The maximum absolute atomic E-state index is 13.3. The van der Waals surface area contributed by atoms with Crippen molar-refractivity contribution in [3.8, 4) is 0 Å². The molecule has 6 N–H and O–H groups in total. The number of fused-ring (bicyclic) bond motifs is 2. The number of hydrogen-bond acceptors (Lipinski definition) is 11. The molecule has 4 heterocycles. The Labute approximate surface area is 323 Å². The molecule has 2 fully saturated rings. The van der Waals surface area contributed by atoms with Gasteiger partial charge in [0, 0.05) is 42.6 Å². The molecule has 294 valence electrons. The highest BCUT2D eigenvalue weighted by molar-refractivity contribution is 6.23. The summed E-state index contributed by atoms with van der Waals surface area (Å²) in [5.74, 6) is -2.19. The molecule has 0 bridgehead atoms. The van der Waals surface area contributed by atoms with E-state index in [4.69, 9.17) is 20.2 Å². The molecule has 1 aromatic heterocycles. The highest BCUT2D eigenvalue weighted by atomic mass is 16.5. The number of likely N-dealkylation sites (tertiary alicyclic amines) is 1. The Hall–Kier alpha value is -5.71. The van der Waals surface area contributed by atoms with E-state index in [1.807, 2.05) is 18.2 Å². The van der Waals surface area contributed by atoms with Gasteiger partial charge in [0.25, 0.3) is 17.7 Å². The van der Waals surface area contributed by atoms with Gasteiger partial charge >= 0.3 is 0 Å². The van der Waals surface area contributed by atoms with E-state index < -0.39 is 41.0 Å². The van der Waals surface area contributed by atoms with E-state index >= 15 is 0 Å². The van der Waals surface area contributed by atoms with Crippen LogP contribution < -0.4 is 21.7 Å². The number of piperidine rings is 1. The van der Waals surface area contributed by atoms with E-state index in [1.165, 1.54) is 18.9 Å². The normalized spacial score (nSPS) is 22.4. The summed E-state index contributed by atoms with van der Waals surface area (Å²) in [7, 11) is 0. The second-order valence-electron chi connectivity index (χ2n) is 14.7. The Morgan fingerprint density at radius 3 is 2.54 bits per heavy atom. The minimum absolute atomic E-state index is 0.0531. The molecule has 0 saturated carbocycles. The summed E-state index contributed by atoms with van der Waals surface area (Å²) in [6.45, 7) is 5.54. The molecule has 0 spiro atoms. The first kappa shape index (κ1) is 38.6. The van der Waals surface area contributed by atoms with E-state index in [1.54, 1.807) is 30.4 Å². The number of imidazole rings is 1. The summed E-state index contributed by atoms with van der Waals surface area (Å²) in [4.78, 5) is 87.3. The Kier molecular flexibility index (Phi) is 11.4. The van der Waals surface area contributed by atoms with Crippen LogP contribution in [0.2, 0.25) is 0 Å². The fourth-order valence-electron chi connectivity index (χ4n) is 7.70. The highest BCUT2D eigenvalue weighted by Crippen LogP contribution is 2.36. The number of benzene rings is 2. The molecule has 1 aliphatic carbocycles. The van der Waals surface area contributed by atoms with Gasteiger partial charge < -0.3 is 30.8 Å². The minimum Gasteiger partial charge on any atom is -0.383 e. The molecule has 16 nitrogen and oxygen atoms in total. The van der Waals surface area contributed by atoms with Crippen LogP contribution in [0.15, 0.2) is 60.2 Å². The number of H-pyrrole nitrogens is 1. The molecule has 0 radical (unpaired) electrons. The van der Waals surface area contributed by atoms with E-state index in [9.17, 15) is 28.8 Å². The zero-order chi connectivity index (χ0) is 39.4. The minimum atomic E-state index is -1.08. The summed E-state index contributed by atoms with van der Waals surface area (Å²) in [5.41, 5.74) is 8.50. The Bertz CT molecular complexity index is 2130. The fourth-order valence-corrected chi connectivity index (χ4v) is 7.70. The van der Waals surface area contributed by atoms with Gasteiger partial charge in [-0.25, -0.2) is 4.98 Å². The zero-order valence-electron chi connectivity index (χ0n) is 31.2. The fraction of sp³-hybridized carbons (Fsp3) is 0.425. The first-order valence-corrected chi connectivity index (χ1v) is 19.0. The lowest BCUT2D eigenvalue weighted by Crippen LogP contribution is -2.54. The van der Waals surface area contributed by atoms with Crippen molar-refractivity contribution in [2.45, 2.75) is 64.1 Å². The first-order chi connectivity index (χ1) is 27.0. The van der Waals surface area contributed by atoms with Crippen molar-refractivity contribution in [3.63, 3.8) is 0 Å². The molecule has 3 atom stereocenters. The average Bonchev–Trinajstić information content (AvgIpc) is 3.85. The third-order valence-corrected chi connectivity index (χ3v) is 10.9. The van der Waals surface area contributed by atoms with Crippen molar-refractivity contribution < 1.29 is 38.2 Å². The summed E-state index contributed by atoms with van der Waals surface area (Å²) >= 11 is 0. The zero-order valence-corrected chi connectivity index (χ0v) is 31.2. The van der Waals surface area contributed by atoms with Gasteiger partial charge in [0.1, 0.15) is 11.9 Å². The molecule has 3 aromatic rings. The van der Waals surface area contributed by atoms with Crippen molar-refractivity contribution >= 4 is 57.9 Å². The Morgan fingerprint density at radius 1 is 0.982 bits per heavy atom. The van der Waals surface area contributed by atoms with E-state index in [2.05, 4.69) is 32.8 Å². The first-order valence-electron chi connectivity index (χ1n) is 19.0. The number of rotatable bonds is 16. The number of ether oxygens (including phenoxy) is 2. The number of allylic oxidation sites excluding steroid dienone is 2. The van der Waals surface area contributed by atoms with Gasteiger partial charge in [0.2, 0.25) is 17.7 Å². The van der Waals surface area contributed by atoms with Gasteiger partial charge in [-0.15, -0.1) is 0 Å². The largest absolute Gasteiger partial charge is 0.383 e. The number of nitrogens with zero attached hydrogens (tertiary/aromatic N) is 3. The molecular weight excluding hydrogens is 720 g/mol. The van der Waals surface area contributed by atoms with Crippen molar-refractivity contribution in [3.05, 3.63) is 77.2 Å². The maximum atomic E-state index is 13.3. The van der Waals surface area contributed by atoms with Gasteiger partial charge in [-0.3, -0.25) is 43.9 Å². The second-order valence-corrected chi connectivity index (χ2v) is 14.7. The van der Waals surface area contributed by atoms with Gasteiger partial charge in [-0.1, -0.05) is 18.2 Å². The number of hydrogen-bond donors (Lipinski definition) is 5. The van der Waals surface area contributed by atoms with E-state index in [-0.39, 0.29) is 62.5 Å². The van der Waals surface area contributed by atoms with Gasteiger partial charge in [0.15, 0.2) is 0 Å². The molecule has 4 aliphatic rings. The number of aromatic nitrogens is 2. The Morgan fingerprint density at radius 2 is 1.77 bits per heavy atom. The summed E-state index contributed by atoms with van der Waals surface area (Å²) in [5, 5.41) is 8.30. The number of nitrogens with one attached hydrogen (secondary N) is 4. The number of imide groups is 2. The monoisotopic (exact) mass is 766 g/mol. The van der Waals surface area contributed by atoms with Crippen molar-refractivity contribution in [1.29, 1.82) is 0 Å². The van der Waals surface area contributed by atoms with Crippen LogP contribution in [0.1, 0.15) is 72.0 Å². The maximum Gasteiger partial charge on any atom is 0.262 e. The summed E-state index contributed by atoms with van der Waals surface area (Å²) < 4.78 is 11.4. The lowest BCUT2D eigenvalue weighted by atomic mass is 9.75. The quantitative estimate of drug-likeness (QED) is 0.106. The SMILES string of the molecule is C[C@H]1CCCN1Cc1nc2ccc(NC(=O)C3=CC=CC(CCOCCOCCNc4ccc5c(c4)C(=O)N(C4CCC(=O)NC4=O)C5=O)(C(N)=O)C3)cc2[nH]1. The van der Waals surface area contributed by atoms with Gasteiger partial charge in [0.05, 0.1) is 53.9 Å². The van der Waals surface area contributed by atoms with Crippen molar-refractivity contribution in [1.82, 2.24) is 25.1 Å². The molecule has 3 aliphatic heterocycles. The lowest BCUT2D eigenvalue weighted by molar-refractivity contribution is -0.136. The second kappa shape index (κ2) is 16.6. The molecule has 2 saturated heterocycles. The van der Waals surface area contributed by atoms with Gasteiger partial charge in [-0.05, 0) is 82.0 Å². The van der Waals surface area contributed by atoms with Crippen molar-refractivity contribution in [2.24, 2.45) is 11.1 Å². The van der Waals surface area contributed by atoms with Crippen LogP contribution >= 0.6 is 0 Å². The van der Waals surface area contributed by atoms with Crippen LogP contribution in [0, 0.1) is 5.41 Å². The molecule has 7 rings (SSSR count). The lowest BCUT2D eigenvalue weighted by Gasteiger charge is -2.30. The molecular formula is C40H46N8O8. The number of anilines is 2. The molecule has 16 heteroatoms. The molecule has 2 unspecified atom stereocenters. The predicted molar refractivity (Wildman–Crippen MR) is 205 cm³/mol.